The number of hydrogen-bond acceptors (Lipinski definition) is 10. The Morgan fingerprint density at radius 2 is 0.964 bits per heavy atom. The van der Waals surface area contributed by atoms with Gasteiger partial charge in [-0.2, -0.15) is 0 Å². The number of hydrogen-bond donors (Lipinski definition) is 3. The number of carbonyl (C=O) groups excluding carboxylic acids is 2. The quantitative estimate of drug-likeness (QED) is 0.0230. The number of phosphoric acid groups is 1. The van der Waals surface area contributed by atoms with Gasteiger partial charge >= 0.3 is 25.7 Å². The molecule has 5 atom stereocenters. The number of esters is 2. The van der Waals surface area contributed by atoms with Crippen LogP contribution < -0.4 is 5.73 Å². The Balaban J connectivity index is 2.27. The number of carboxylic acids is 1. The van der Waals surface area contributed by atoms with Crippen LogP contribution >= 0.6 is 7.82 Å². The fourth-order valence-corrected chi connectivity index (χ4v) is 7.46. The highest BCUT2D eigenvalue weighted by Gasteiger charge is 2.36. The molecule has 55 heavy (non-hydrogen) atoms. The molecule has 0 aliphatic carbocycles. The average molecular weight is 806 g/mol. The molecule has 0 aromatic carbocycles. The standard InChI is InChI=1S/C42H80NO11P/c1-3-5-7-9-11-12-13-14-15-16-17-18-19-23-27-31-40(44)50-33-36(34-51-55(48,49)52-35-37(43)42(46)47)53-41(45)32-28-24-20-22-26-30-39-38(54-39)29-25-21-10-8-6-4-2/h36-39H,3-35,43H2,1-2H3,(H,46,47)(H,48,49)/t36-,37+,38?,39?/m1/s1. The number of epoxide rings is 1. The number of ether oxygens (including phenoxy) is 3. The maximum Gasteiger partial charge on any atom is 0.472 e. The van der Waals surface area contributed by atoms with Gasteiger partial charge in [0.25, 0.3) is 0 Å². The SMILES string of the molecule is CCCCCCCCCCCCCCCCCC(=O)OC[C@H](COP(=O)(O)OC[C@H](N)C(=O)O)OC(=O)CCCCCCCC1OC1CCCCCCCC. The van der Waals surface area contributed by atoms with Gasteiger partial charge < -0.3 is 29.9 Å². The van der Waals surface area contributed by atoms with Gasteiger partial charge in [0.15, 0.2) is 6.10 Å². The molecule has 0 bridgehead atoms. The van der Waals surface area contributed by atoms with Crippen LogP contribution in [0.3, 0.4) is 0 Å². The molecule has 0 spiro atoms. The summed E-state index contributed by atoms with van der Waals surface area (Å²) in [5, 5.41) is 8.89. The predicted molar refractivity (Wildman–Crippen MR) is 217 cm³/mol. The first-order valence-electron chi connectivity index (χ1n) is 22.2. The minimum atomic E-state index is -4.72. The van der Waals surface area contributed by atoms with Crippen LogP contribution in [0.2, 0.25) is 0 Å². The van der Waals surface area contributed by atoms with E-state index in [1.54, 1.807) is 0 Å². The second kappa shape index (κ2) is 34.5. The van der Waals surface area contributed by atoms with E-state index in [-0.39, 0.29) is 19.4 Å². The number of carbonyl (C=O) groups is 3. The molecule has 1 saturated heterocycles. The maximum absolute atomic E-state index is 12.6. The van der Waals surface area contributed by atoms with Crippen molar-refractivity contribution in [3.05, 3.63) is 0 Å². The van der Waals surface area contributed by atoms with Crippen molar-refractivity contribution in [2.75, 3.05) is 19.8 Å². The summed E-state index contributed by atoms with van der Waals surface area (Å²) in [6.07, 6.45) is 33.2. The molecule has 0 amide bonds. The number of carboxylic acid groups (broad SMARTS) is 1. The molecule has 0 aromatic heterocycles. The lowest BCUT2D eigenvalue weighted by Crippen LogP contribution is -2.34. The predicted octanol–water partition coefficient (Wildman–Crippen LogP) is 10.5. The van der Waals surface area contributed by atoms with Crippen molar-refractivity contribution < 1.29 is 52.2 Å². The van der Waals surface area contributed by atoms with Crippen LogP contribution in [0.4, 0.5) is 0 Å². The summed E-state index contributed by atoms with van der Waals surface area (Å²) in [5.74, 6) is -2.38. The van der Waals surface area contributed by atoms with Crippen LogP contribution in [0, 0.1) is 0 Å². The lowest BCUT2D eigenvalue weighted by Gasteiger charge is -2.20. The Kier molecular flexibility index (Phi) is 32.3. The number of rotatable bonds is 41. The summed E-state index contributed by atoms with van der Waals surface area (Å²) < 4.78 is 38.6. The van der Waals surface area contributed by atoms with Crippen molar-refractivity contribution in [2.24, 2.45) is 5.73 Å². The summed E-state index contributed by atoms with van der Waals surface area (Å²) in [7, 11) is -4.72. The highest BCUT2D eigenvalue weighted by molar-refractivity contribution is 7.47. The Labute approximate surface area is 333 Å². The molecule has 0 radical (unpaired) electrons. The second-order valence-corrected chi connectivity index (χ2v) is 17.0. The largest absolute Gasteiger partial charge is 0.480 e. The Bertz CT molecular complexity index is 1020. The van der Waals surface area contributed by atoms with Crippen LogP contribution in [-0.2, 0) is 42.2 Å². The van der Waals surface area contributed by atoms with E-state index in [2.05, 4.69) is 18.4 Å². The first kappa shape index (κ1) is 51.5. The van der Waals surface area contributed by atoms with Crippen LogP contribution in [0.15, 0.2) is 0 Å². The molecule has 12 nitrogen and oxygen atoms in total. The third-order valence-corrected chi connectivity index (χ3v) is 11.2. The first-order valence-corrected chi connectivity index (χ1v) is 23.7. The normalized spacial score (nSPS) is 17.4. The number of unbranched alkanes of at least 4 members (excludes halogenated alkanes) is 23. The Hall–Kier alpha value is -1.56. The van der Waals surface area contributed by atoms with Gasteiger partial charge in [-0.15, -0.1) is 0 Å². The highest BCUT2D eigenvalue weighted by Crippen LogP contribution is 2.43. The van der Waals surface area contributed by atoms with Crippen molar-refractivity contribution in [1.82, 2.24) is 0 Å². The van der Waals surface area contributed by atoms with Gasteiger partial charge in [0.1, 0.15) is 12.6 Å². The van der Waals surface area contributed by atoms with Crippen molar-refractivity contribution in [3.8, 4) is 0 Å². The fraction of sp³-hybridized carbons (Fsp3) is 0.929. The van der Waals surface area contributed by atoms with E-state index in [9.17, 15) is 23.8 Å². The van der Waals surface area contributed by atoms with E-state index in [0.717, 1.165) is 51.4 Å². The van der Waals surface area contributed by atoms with Gasteiger partial charge in [-0.1, -0.05) is 168 Å². The van der Waals surface area contributed by atoms with E-state index in [0.29, 0.717) is 25.0 Å². The van der Waals surface area contributed by atoms with Gasteiger partial charge in [0.05, 0.1) is 25.4 Å². The summed E-state index contributed by atoms with van der Waals surface area (Å²) in [5.41, 5.74) is 5.33. The fourth-order valence-electron chi connectivity index (χ4n) is 6.68. The molecule has 3 unspecified atom stereocenters. The minimum Gasteiger partial charge on any atom is -0.480 e. The van der Waals surface area contributed by atoms with E-state index < -0.39 is 51.1 Å². The molecule has 1 aliphatic rings. The number of phosphoric ester groups is 1. The zero-order chi connectivity index (χ0) is 40.4. The van der Waals surface area contributed by atoms with E-state index in [1.807, 2.05) is 0 Å². The third-order valence-electron chi connectivity index (χ3n) is 10.3. The zero-order valence-corrected chi connectivity index (χ0v) is 35.6. The van der Waals surface area contributed by atoms with Crippen LogP contribution in [-0.4, -0.2) is 72.1 Å². The van der Waals surface area contributed by atoms with Gasteiger partial charge in [-0.25, -0.2) is 4.57 Å². The van der Waals surface area contributed by atoms with E-state index in [4.69, 9.17) is 29.6 Å². The van der Waals surface area contributed by atoms with E-state index >= 15 is 0 Å². The molecular formula is C42H80NO11P. The lowest BCUT2D eigenvalue weighted by atomic mass is 10.0. The molecule has 1 rings (SSSR count). The van der Waals surface area contributed by atoms with Gasteiger partial charge in [0.2, 0.25) is 0 Å². The van der Waals surface area contributed by atoms with Crippen molar-refractivity contribution in [3.63, 3.8) is 0 Å². The van der Waals surface area contributed by atoms with Crippen LogP contribution in [0.5, 0.6) is 0 Å². The average Bonchev–Trinajstić information content (AvgIpc) is 3.91. The molecule has 1 fully saturated rings. The molecule has 1 aliphatic heterocycles. The monoisotopic (exact) mass is 806 g/mol. The maximum atomic E-state index is 12.6. The molecule has 4 N–H and O–H groups in total. The Morgan fingerprint density at radius 1 is 0.582 bits per heavy atom. The lowest BCUT2D eigenvalue weighted by molar-refractivity contribution is -0.161. The first-order chi connectivity index (χ1) is 26.6. The molecular weight excluding hydrogens is 725 g/mol. The molecule has 13 heteroatoms. The smallest absolute Gasteiger partial charge is 0.472 e. The third kappa shape index (κ3) is 32.1. The molecule has 0 aromatic rings. The van der Waals surface area contributed by atoms with Crippen molar-refractivity contribution in [1.29, 1.82) is 0 Å². The second-order valence-electron chi connectivity index (χ2n) is 15.6. The van der Waals surface area contributed by atoms with Gasteiger partial charge in [0, 0.05) is 12.8 Å². The summed E-state index contributed by atoms with van der Waals surface area (Å²) >= 11 is 0. The molecule has 1 heterocycles. The van der Waals surface area contributed by atoms with Crippen LogP contribution in [0.1, 0.15) is 206 Å². The zero-order valence-electron chi connectivity index (χ0n) is 34.7. The summed E-state index contributed by atoms with van der Waals surface area (Å²) in [6, 6.07) is -1.52. The topological polar surface area (TPSA) is 184 Å². The number of aliphatic carboxylic acids is 1. The molecule has 0 saturated carbocycles. The summed E-state index contributed by atoms with van der Waals surface area (Å²) in [6.45, 7) is 2.80. The van der Waals surface area contributed by atoms with Crippen molar-refractivity contribution >= 4 is 25.7 Å². The summed E-state index contributed by atoms with van der Waals surface area (Å²) in [4.78, 5) is 46.0. The Morgan fingerprint density at radius 3 is 1.40 bits per heavy atom. The molecule has 324 valence electrons. The van der Waals surface area contributed by atoms with Gasteiger partial charge in [-0.05, 0) is 25.7 Å². The number of nitrogens with two attached hydrogens (primary N) is 1. The minimum absolute atomic E-state index is 0.149. The van der Waals surface area contributed by atoms with E-state index in [1.165, 1.54) is 116 Å². The van der Waals surface area contributed by atoms with Crippen LogP contribution in [0.25, 0.3) is 0 Å². The van der Waals surface area contributed by atoms with Crippen molar-refractivity contribution in [2.45, 2.75) is 231 Å². The highest BCUT2D eigenvalue weighted by atomic mass is 31.2. The van der Waals surface area contributed by atoms with Gasteiger partial charge in [-0.3, -0.25) is 23.4 Å².